The lowest BCUT2D eigenvalue weighted by molar-refractivity contribution is -0.143. The van der Waals surface area contributed by atoms with Crippen molar-refractivity contribution in [2.75, 3.05) is 26.2 Å². The maximum absolute atomic E-state index is 12.7. The zero-order valence-electron chi connectivity index (χ0n) is 15.8. The molecule has 5 heteroatoms. The Hall–Kier alpha value is -2.04. The van der Waals surface area contributed by atoms with Crippen LogP contribution in [0.2, 0.25) is 0 Å². The molecule has 1 unspecified atom stereocenters. The third kappa shape index (κ3) is 4.97. The van der Waals surface area contributed by atoms with Gasteiger partial charge < -0.3 is 14.5 Å². The van der Waals surface area contributed by atoms with Crippen molar-refractivity contribution in [3.63, 3.8) is 0 Å². The van der Waals surface area contributed by atoms with Crippen LogP contribution in [0.15, 0.2) is 24.3 Å². The second-order valence-corrected chi connectivity index (χ2v) is 6.91. The van der Waals surface area contributed by atoms with Crippen LogP contribution in [-0.2, 0) is 9.59 Å². The lowest BCUT2D eigenvalue weighted by Crippen LogP contribution is -2.53. The first-order chi connectivity index (χ1) is 11.9. The van der Waals surface area contributed by atoms with Crippen molar-refractivity contribution < 1.29 is 14.3 Å². The van der Waals surface area contributed by atoms with E-state index in [0.29, 0.717) is 38.5 Å². The van der Waals surface area contributed by atoms with Crippen LogP contribution in [0.3, 0.4) is 0 Å². The number of rotatable bonds is 6. The molecule has 1 aromatic rings. The monoisotopic (exact) mass is 346 g/mol. The number of hydrogen-bond donors (Lipinski definition) is 0. The topological polar surface area (TPSA) is 49.9 Å². The van der Waals surface area contributed by atoms with E-state index < -0.39 is 6.10 Å². The average Bonchev–Trinajstić information content (AvgIpc) is 2.61. The SMILES string of the molecule is CCCC(=O)N1CCN(C(=O)C(C)Oc2ccccc2C(C)C)CC1. The summed E-state index contributed by atoms with van der Waals surface area (Å²) < 4.78 is 5.96. The van der Waals surface area contributed by atoms with E-state index in [0.717, 1.165) is 17.7 Å². The molecule has 1 aromatic carbocycles. The third-order valence-corrected chi connectivity index (χ3v) is 4.60. The highest BCUT2D eigenvalue weighted by Crippen LogP contribution is 2.27. The van der Waals surface area contributed by atoms with Gasteiger partial charge in [-0.1, -0.05) is 39.0 Å². The summed E-state index contributed by atoms with van der Waals surface area (Å²) >= 11 is 0. The number of ether oxygens (including phenoxy) is 1. The lowest BCUT2D eigenvalue weighted by Gasteiger charge is -2.36. The number of nitrogens with zero attached hydrogens (tertiary/aromatic N) is 2. The molecule has 0 aliphatic carbocycles. The van der Waals surface area contributed by atoms with Crippen LogP contribution in [0.25, 0.3) is 0 Å². The molecule has 0 spiro atoms. The quantitative estimate of drug-likeness (QED) is 0.795. The summed E-state index contributed by atoms with van der Waals surface area (Å²) in [6.45, 7) is 10.4. The summed E-state index contributed by atoms with van der Waals surface area (Å²) in [6.07, 6.45) is 0.912. The predicted molar refractivity (Wildman–Crippen MR) is 98.7 cm³/mol. The molecule has 0 bridgehead atoms. The number of carbonyl (C=O) groups excluding carboxylic acids is 2. The van der Waals surface area contributed by atoms with Crippen LogP contribution in [0, 0.1) is 0 Å². The molecule has 1 aliphatic heterocycles. The van der Waals surface area contributed by atoms with Crippen molar-refractivity contribution in [3.8, 4) is 5.75 Å². The Labute approximate surface area is 150 Å². The minimum Gasteiger partial charge on any atom is -0.481 e. The van der Waals surface area contributed by atoms with Crippen molar-refractivity contribution in [1.29, 1.82) is 0 Å². The molecule has 138 valence electrons. The van der Waals surface area contributed by atoms with Crippen molar-refractivity contribution in [2.24, 2.45) is 0 Å². The van der Waals surface area contributed by atoms with Crippen molar-refractivity contribution in [3.05, 3.63) is 29.8 Å². The number of amides is 2. The highest BCUT2D eigenvalue weighted by molar-refractivity contribution is 5.81. The smallest absolute Gasteiger partial charge is 0.263 e. The van der Waals surface area contributed by atoms with Gasteiger partial charge in [0.25, 0.3) is 5.91 Å². The van der Waals surface area contributed by atoms with Crippen LogP contribution in [0.4, 0.5) is 0 Å². The fraction of sp³-hybridized carbons (Fsp3) is 0.600. The summed E-state index contributed by atoms with van der Waals surface area (Å²) in [5.41, 5.74) is 1.11. The summed E-state index contributed by atoms with van der Waals surface area (Å²) in [5.74, 6) is 1.28. The molecule has 2 amide bonds. The molecule has 2 rings (SSSR count). The van der Waals surface area contributed by atoms with E-state index in [4.69, 9.17) is 4.74 Å². The van der Waals surface area contributed by atoms with Gasteiger partial charge in [-0.2, -0.15) is 0 Å². The van der Waals surface area contributed by atoms with E-state index >= 15 is 0 Å². The predicted octanol–water partition coefficient (Wildman–Crippen LogP) is 3.05. The number of hydrogen-bond acceptors (Lipinski definition) is 3. The van der Waals surface area contributed by atoms with Crippen molar-refractivity contribution >= 4 is 11.8 Å². The van der Waals surface area contributed by atoms with Gasteiger partial charge in [0.15, 0.2) is 6.10 Å². The number of benzene rings is 1. The lowest BCUT2D eigenvalue weighted by atomic mass is 10.0. The van der Waals surface area contributed by atoms with E-state index in [-0.39, 0.29) is 11.8 Å². The maximum Gasteiger partial charge on any atom is 0.263 e. The zero-order valence-corrected chi connectivity index (χ0v) is 15.8. The second-order valence-electron chi connectivity index (χ2n) is 6.91. The minimum atomic E-state index is -0.530. The summed E-state index contributed by atoms with van der Waals surface area (Å²) in [6, 6.07) is 7.87. The molecule has 1 heterocycles. The summed E-state index contributed by atoms with van der Waals surface area (Å²) in [4.78, 5) is 28.3. The molecule has 1 atom stereocenters. The van der Waals surface area contributed by atoms with E-state index in [2.05, 4.69) is 13.8 Å². The Bertz CT molecular complexity index is 592. The molecule has 0 aromatic heterocycles. The molecule has 0 N–H and O–H groups in total. The second kappa shape index (κ2) is 8.88. The van der Waals surface area contributed by atoms with Gasteiger partial charge >= 0.3 is 0 Å². The van der Waals surface area contributed by atoms with Crippen LogP contribution in [0.1, 0.15) is 52.0 Å². The molecule has 1 aliphatic rings. The van der Waals surface area contributed by atoms with E-state index in [1.54, 1.807) is 11.8 Å². The normalized spacial score (nSPS) is 16.0. The number of piperazine rings is 1. The number of carbonyl (C=O) groups is 2. The molecule has 5 nitrogen and oxygen atoms in total. The van der Waals surface area contributed by atoms with E-state index in [1.807, 2.05) is 36.1 Å². The first-order valence-corrected chi connectivity index (χ1v) is 9.26. The molecule has 0 saturated carbocycles. The number of para-hydroxylation sites is 1. The van der Waals surface area contributed by atoms with Gasteiger partial charge in [-0.05, 0) is 30.9 Å². The van der Waals surface area contributed by atoms with E-state index in [1.165, 1.54) is 0 Å². The fourth-order valence-electron chi connectivity index (χ4n) is 3.11. The fourth-order valence-corrected chi connectivity index (χ4v) is 3.11. The van der Waals surface area contributed by atoms with Crippen LogP contribution in [-0.4, -0.2) is 53.9 Å². The van der Waals surface area contributed by atoms with Gasteiger partial charge in [-0.25, -0.2) is 0 Å². The molecule has 1 fully saturated rings. The Kier molecular flexibility index (Phi) is 6.85. The molecular weight excluding hydrogens is 316 g/mol. The first kappa shape index (κ1) is 19.3. The van der Waals surface area contributed by atoms with Crippen LogP contribution in [0.5, 0.6) is 5.75 Å². The summed E-state index contributed by atoms with van der Waals surface area (Å²) in [5, 5.41) is 0. The molecule has 25 heavy (non-hydrogen) atoms. The molecule has 1 saturated heterocycles. The van der Waals surface area contributed by atoms with Crippen LogP contribution >= 0.6 is 0 Å². The van der Waals surface area contributed by atoms with Crippen molar-refractivity contribution in [1.82, 2.24) is 9.80 Å². The highest BCUT2D eigenvalue weighted by atomic mass is 16.5. The molecule has 0 radical (unpaired) electrons. The molecular formula is C20H30N2O3. The largest absolute Gasteiger partial charge is 0.481 e. The Morgan fingerprint density at radius 3 is 2.24 bits per heavy atom. The Morgan fingerprint density at radius 2 is 1.64 bits per heavy atom. The minimum absolute atomic E-state index is 0.0128. The first-order valence-electron chi connectivity index (χ1n) is 9.26. The zero-order chi connectivity index (χ0) is 18.4. The van der Waals surface area contributed by atoms with Gasteiger partial charge in [-0.3, -0.25) is 9.59 Å². The van der Waals surface area contributed by atoms with Gasteiger partial charge in [0.05, 0.1) is 0 Å². The highest BCUT2D eigenvalue weighted by Gasteiger charge is 2.28. The van der Waals surface area contributed by atoms with Gasteiger partial charge in [0, 0.05) is 32.6 Å². The van der Waals surface area contributed by atoms with Crippen LogP contribution < -0.4 is 4.74 Å². The van der Waals surface area contributed by atoms with Gasteiger partial charge in [0.1, 0.15) is 5.75 Å². The van der Waals surface area contributed by atoms with Gasteiger partial charge in [-0.15, -0.1) is 0 Å². The van der Waals surface area contributed by atoms with E-state index in [9.17, 15) is 9.59 Å². The Balaban J connectivity index is 1.92. The Morgan fingerprint density at radius 1 is 1.04 bits per heavy atom. The average molecular weight is 346 g/mol. The van der Waals surface area contributed by atoms with Gasteiger partial charge in [0.2, 0.25) is 5.91 Å². The summed E-state index contributed by atoms with van der Waals surface area (Å²) in [7, 11) is 0. The standard InChI is InChI=1S/C20H30N2O3/c1-5-8-19(23)21-11-13-22(14-12-21)20(24)16(4)25-18-10-7-6-9-17(18)15(2)3/h6-7,9-10,15-16H,5,8,11-14H2,1-4H3. The maximum atomic E-state index is 12.7. The van der Waals surface area contributed by atoms with Crippen molar-refractivity contribution in [2.45, 2.75) is 52.6 Å². The third-order valence-electron chi connectivity index (χ3n) is 4.60.